The highest BCUT2D eigenvalue weighted by Gasteiger charge is 2.25. The molecule has 0 amide bonds. The van der Waals surface area contributed by atoms with Crippen molar-refractivity contribution in [1.82, 2.24) is 0 Å². The summed E-state index contributed by atoms with van der Waals surface area (Å²) in [4.78, 5) is 0. The lowest BCUT2D eigenvalue weighted by Gasteiger charge is -2.23. The fourth-order valence-corrected chi connectivity index (χ4v) is 4.62. The van der Waals surface area contributed by atoms with Gasteiger partial charge in [0.1, 0.15) is 0 Å². The van der Waals surface area contributed by atoms with E-state index >= 15 is 0 Å². The molecule has 0 radical (unpaired) electrons. The summed E-state index contributed by atoms with van der Waals surface area (Å²) < 4.78 is 0. The van der Waals surface area contributed by atoms with Gasteiger partial charge in [0.2, 0.25) is 0 Å². The molecule has 0 heterocycles. The predicted octanol–water partition coefficient (Wildman–Crippen LogP) is 4.00. The monoisotopic (exact) mass is 182 g/mol. The lowest BCUT2D eigenvalue weighted by Crippen LogP contribution is -2.28. The largest absolute Gasteiger partial charge is 0.0979 e. The molecule has 0 nitrogen and oxygen atoms in total. The van der Waals surface area contributed by atoms with Crippen LogP contribution in [-0.2, 0) is 0 Å². The molecule has 1 rings (SSSR count). The lowest BCUT2D eigenvalue weighted by atomic mass is 10.4. The predicted molar refractivity (Wildman–Crippen MR) is 59.1 cm³/mol. The van der Waals surface area contributed by atoms with E-state index in [0.717, 1.165) is 5.92 Å². The van der Waals surface area contributed by atoms with Gasteiger partial charge < -0.3 is 0 Å². The Kier molecular flexibility index (Phi) is 3.57. The van der Waals surface area contributed by atoms with Crippen molar-refractivity contribution in [3.63, 3.8) is 0 Å². The van der Waals surface area contributed by atoms with Gasteiger partial charge in [-0.3, -0.25) is 0 Å². The van der Waals surface area contributed by atoms with Crippen LogP contribution >= 0.6 is 0 Å². The van der Waals surface area contributed by atoms with Crippen LogP contribution in [0, 0.1) is 5.92 Å². The van der Waals surface area contributed by atoms with E-state index in [-0.39, 0.29) is 0 Å². The van der Waals surface area contributed by atoms with Gasteiger partial charge in [-0.05, 0) is 18.8 Å². The normalized spacial score (nSPS) is 18.9. The van der Waals surface area contributed by atoms with E-state index in [9.17, 15) is 0 Å². The highest BCUT2D eigenvalue weighted by molar-refractivity contribution is 6.84. The van der Waals surface area contributed by atoms with Crippen LogP contribution in [0.5, 0.6) is 0 Å². The van der Waals surface area contributed by atoms with Crippen LogP contribution in [0.1, 0.15) is 33.6 Å². The average Bonchev–Trinajstić information content (AvgIpc) is 2.92. The molecule has 0 unspecified atom stereocenters. The molecular formula is C11H22Si. The van der Waals surface area contributed by atoms with Crippen molar-refractivity contribution in [2.75, 3.05) is 0 Å². The Morgan fingerprint density at radius 3 is 1.92 bits per heavy atom. The summed E-state index contributed by atoms with van der Waals surface area (Å²) in [6.07, 6.45) is 5.43. The summed E-state index contributed by atoms with van der Waals surface area (Å²) in [5, 5.41) is 0. The van der Waals surface area contributed by atoms with Crippen molar-refractivity contribution in [2.45, 2.75) is 51.7 Å². The second-order valence-corrected chi connectivity index (χ2v) is 9.30. The Bertz CT molecular complexity index is 144. The topological polar surface area (TPSA) is 0 Å². The molecular weight excluding hydrogens is 160 g/mol. The minimum atomic E-state index is -0.921. The maximum Gasteiger partial charge on any atom is 0.0766 e. The van der Waals surface area contributed by atoms with Gasteiger partial charge in [0.15, 0.2) is 0 Å². The fourth-order valence-electron chi connectivity index (χ4n) is 1.73. The highest BCUT2D eigenvalue weighted by Crippen LogP contribution is 2.32. The first-order valence-electron chi connectivity index (χ1n) is 5.45. The molecule has 0 aromatic heterocycles. The standard InChI is InChI=1S/C11H22Si/c1-4-12(5-2,6-3)10-9-11-7-8-11/h9-11H,4-8H2,1-3H3/b10-9+. The molecule has 0 spiro atoms. The molecule has 0 aliphatic heterocycles. The van der Waals surface area contributed by atoms with Crippen LogP contribution in [0.4, 0.5) is 0 Å². The second-order valence-electron chi connectivity index (χ2n) is 4.12. The van der Waals surface area contributed by atoms with Gasteiger partial charge in [0.25, 0.3) is 0 Å². The van der Waals surface area contributed by atoms with E-state index in [0.29, 0.717) is 0 Å². The van der Waals surface area contributed by atoms with E-state index in [2.05, 4.69) is 32.5 Å². The first-order chi connectivity index (χ1) is 5.76. The maximum atomic E-state index is 2.63. The minimum absolute atomic E-state index is 0.921. The van der Waals surface area contributed by atoms with Crippen molar-refractivity contribution in [1.29, 1.82) is 0 Å². The maximum absolute atomic E-state index is 2.63. The second kappa shape index (κ2) is 4.27. The minimum Gasteiger partial charge on any atom is -0.0979 e. The van der Waals surface area contributed by atoms with Gasteiger partial charge in [-0.15, -0.1) is 0 Å². The van der Waals surface area contributed by atoms with Crippen LogP contribution in [0.3, 0.4) is 0 Å². The molecule has 0 bridgehead atoms. The van der Waals surface area contributed by atoms with Gasteiger partial charge in [0, 0.05) is 0 Å². The van der Waals surface area contributed by atoms with Crippen LogP contribution in [0.25, 0.3) is 0 Å². The molecule has 0 aromatic carbocycles. The zero-order valence-corrected chi connectivity index (χ0v) is 9.77. The molecule has 0 atom stereocenters. The van der Waals surface area contributed by atoms with Crippen molar-refractivity contribution in [3.8, 4) is 0 Å². The third-order valence-corrected chi connectivity index (χ3v) is 8.58. The number of hydrogen-bond donors (Lipinski definition) is 0. The molecule has 0 N–H and O–H groups in total. The third kappa shape index (κ3) is 2.48. The molecule has 70 valence electrons. The summed E-state index contributed by atoms with van der Waals surface area (Å²) in [6.45, 7) is 7.11. The van der Waals surface area contributed by atoms with Gasteiger partial charge in [-0.25, -0.2) is 0 Å². The van der Waals surface area contributed by atoms with E-state index in [4.69, 9.17) is 0 Å². The van der Waals surface area contributed by atoms with Gasteiger partial charge in [-0.2, -0.15) is 0 Å². The van der Waals surface area contributed by atoms with E-state index in [1.807, 2.05) is 0 Å². The molecule has 1 fully saturated rings. The van der Waals surface area contributed by atoms with E-state index in [1.165, 1.54) is 31.0 Å². The molecule has 1 saturated carbocycles. The van der Waals surface area contributed by atoms with Crippen molar-refractivity contribution in [2.24, 2.45) is 5.92 Å². The number of hydrogen-bond acceptors (Lipinski definition) is 0. The van der Waals surface area contributed by atoms with Crippen LogP contribution < -0.4 is 0 Å². The lowest BCUT2D eigenvalue weighted by molar-refractivity contribution is 1.11. The Morgan fingerprint density at radius 2 is 1.58 bits per heavy atom. The Morgan fingerprint density at radius 1 is 1.08 bits per heavy atom. The summed E-state index contributed by atoms with van der Waals surface area (Å²) in [7, 11) is -0.921. The van der Waals surface area contributed by atoms with Gasteiger partial charge in [0.05, 0.1) is 8.07 Å². The van der Waals surface area contributed by atoms with E-state index < -0.39 is 8.07 Å². The molecule has 0 saturated heterocycles. The summed E-state index contributed by atoms with van der Waals surface area (Å²) in [5.41, 5.74) is 2.63. The zero-order chi connectivity index (χ0) is 9.03. The smallest absolute Gasteiger partial charge is 0.0766 e. The summed E-state index contributed by atoms with van der Waals surface area (Å²) in [6, 6.07) is 4.30. The average molecular weight is 182 g/mol. The first-order valence-corrected chi connectivity index (χ1v) is 8.15. The summed E-state index contributed by atoms with van der Waals surface area (Å²) in [5.74, 6) is 0.974. The van der Waals surface area contributed by atoms with Gasteiger partial charge >= 0.3 is 0 Å². The molecule has 1 aliphatic carbocycles. The first kappa shape index (κ1) is 10.0. The zero-order valence-electron chi connectivity index (χ0n) is 8.77. The van der Waals surface area contributed by atoms with Crippen molar-refractivity contribution in [3.05, 3.63) is 11.8 Å². The SMILES string of the molecule is CC[Si](/C=C/C1CC1)(CC)CC. The Balaban J connectivity index is 2.49. The highest BCUT2D eigenvalue weighted by atomic mass is 28.3. The molecule has 0 aromatic rings. The third-order valence-electron chi connectivity index (χ3n) is 3.46. The quantitative estimate of drug-likeness (QED) is 0.564. The van der Waals surface area contributed by atoms with Gasteiger partial charge in [-0.1, -0.05) is 50.7 Å². The van der Waals surface area contributed by atoms with Crippen LogP contribution in [0.2, 0.25) is 18.1 Å². The number of rotatable bonds is 5. The van der Waals surface area contributed by atoms with Crippen LogP contribution in [-0.4, -0.2) is 8.07 Å². The Hall–Kier alpha value is -0.0431. The fraction of sp³-hybridized carbons (Fsp3) is 0.818. The van der Waals surface area contributed by atoms with E-state index in [1.54, 1.807) is 0 Å². The van der Waals surface area contributed by atoms with Crippen molar-refractivity contribution < 1.29 is 0 Å². The van der Waals surface area contributed by atoms with Crippen LogP contribution in [0.15, 0.2) is 11.8 Å². The van der Waals surface area contributed by atoms with Crippen molar-refractivity contribution >= 4 is 8.07 Å². The summed E-state index contributed by atoms with van der Waals surface area (Å²) >= 11 is 0. The molecule has 12 heavy (non-hydrogen) atoms. The Labute approximate surface area is 78.1 Å². The molecule has 1 heteroatoms. The molecule has 1 aliphatic rings. The number of allylic oxidation sites excluding steroid dienone is 1.